The summed E-state index contributed by atoms with van der Waals surface area (Å²) in [4.78, 5) is 20.3. The number of aryl methyl sites for hydroxylation is 2. The van der Waals surface area contributed by atoms with Gasteiger partial charge in [-0.25, -0.2) is 4.98 Å². The van der Waals surface area contributed by atoms with Crippen molar-refractivity contribution < 1.29 is 0 Å². The number of aromatic nitrogens is 3. The second-order valence-corrected chi connectivity index (χ2v) is 5.95. The molecule has 0 saturated heterocycles. The van der Waals surface area contributed by atoms with Crippen molar-refractivity contribution in [3.05, 3.63) is 75.8 Å². The molecule has 0 fully saturated rings. The molecule has 0 atom stereocenters. The van der Waals surface area contributed by atoms with Crippen LogP contribution in [0.3, 0.4) is 0 Å². The lowest BCUT2D eigenvalue weighted by atomic mass is 10.1. The molecule has 114 valence electrons. The molecule has 0 spiro atoms. The van der Waals surface area contributed by atoms with Gasteiger partial charge in [0.15, 0.2) is 0 Å². The molecule has 2 aromatic carbocycles. The third kappa shape index (κ3) is 2.51. The molecule has 23 heavy (non-hydrogen) atoms. The Kier molecular flexibility index (Phi) is 3.39. The van der Waals surface area contributed by atoms with Crippen LogP contribution < -0.4 is 5.56 Å². The number of nitrogens with zero attached hydrogens (tertiary/aromatic N) is 2. The summed E-state index contributed by atoms with van der Waals surface area (Å²) in [7, 11) is 0. The standard InChI is InChI=1S/C18H14ClN3O/c19-13-7-5-12(6-8-13)9-10-22-11-20-16-14-3-1-2-4-15(14)21-17(16)18(22)23/h1-8,11,21H,9-10H2. The van der Waals surface area contributed by atoms with Crippen LogP contribution in [0.15, 0.2) is 59.7 Å². The fourth-order valence-electron chi connectivity index (χ4n) is 2.80. The number of halogens is 1. The van der Waals surface area contributed by atoms with E-state index in [0.717, 1.165) is 28.4 Å². The zero-order valence-corrected chi connectivity index (χ0v) is 13.0. The third-order valence-electron chi connectivity index (χ3n) is 4.03. The molecule has 0 aliphatic rings. The molecule has 0 unspecified atom stereocenters. The van der Waals surface area contributed by atoms with Gasteiger partial charge in [-0.15, -0.1) is 0 Å². The summed E-state index contributed by atoms with van der Waals surface area (Å²) in [5, 5.41) is 1.69. The molecule has 0 radical (unpaired) electrons. The van der Waals surface area contributed by atoms with Crippen molar-refractivity contribution in [2.75, 3.05) is 0 Å². The fourth-order valence-corrected chi connectivity index (χ4v) is 2.93. The highest BCUT2D eigenvalue weighted by Gasteiger charge is 2.10. The normalized spacial score (nSPS) is 11.3. The van der Waals surface area contributed by atoms with E-state index in [9.17, 15) is 4.79 Å². The van der Waals surface area contributed by atoms with Crippen molar-refractivity contribution >= 4 is 33.5 Å². The first-order valence-corrected chi connectivity index (χ1v) is 7.80. The molecule has 4 aromatic rings. The van der Waals surface area contributed by atoms with E-state index < -0.39 is 0 Å². The largest absolute Gasteiger partial charge is 0.349 e. The van der Waals surface area contributed by atoms with E-state index in [4.69, 9.17) is 11.6 Å². The highest BCUT2D eigenvalue weighted by molar-refractivity contribution is 6.30. The number of nitrogens with one attached hydrogen (secondary N) is 1. The summed E-state index contributed by atoms with van der Waals surface area (Å²) >= 11 is 5.89. The number of H-pyrrole nitrogens is 1. The topological polar surface area (TPSA) is 50.7 Å². The number of para-hydroxylation sites is 1. The maximum atomic E-state index is 12.6. The molecule has 0 aliphatic carbocycles. The maximum absolute atomic E-state index is 12.6. The summed E-state index contributed by atoms with van der Waals surface area (Å²) < 4.78 is 1.65. The van der Waals surface area contributed by atoms with E-state index in [1.54, 1.807) is 10.9 Å². The van der Waals surface area contributed by atoms with E-state index in [2.05, 4.69) is 9.97 Å². The lowest BCUT2D eigenvalue weighted by molar-refractivity contribution is 0.662. The Balaban J connectivity index is 1.70. The van der Waals surface area contributed by atoms with Gasteiger partial charge < -0.3 is 4.98 Å². The minimum absolute atomic E-state index is 0.0415. The van der Waals surface area contributed by atoms with Gasteiger partial charge in [-0.3, -0.25) is 9.36 Å². The Morgan fingerprint density at radius 1 is 1.09 bits per heavy atom. The number of benzene rings is 2. The molecule has 2 aromatic heterocycles. The zero-order chi connectivity index (χ0) is 15.8. The molecular formula is C18H14ClN3O. The number of aromatic amines is 1. The van der Waals surface area contributed by atoms with Gasteiger partial charge in [-0.1, -0.05) is 41.9 Å². The summed E-state index contributed by atoms with van der Waals surface area (Å²) in [5.74, 6) is 0. The third-order valence-corrected chi connectivity index (χ3v) is 4.29. The van der Waals surface area contributed by atoms with E-state index in [-0.39, 0.29) is 5.56 Å². The fraction of sp³-hybridized carbons (Fsp3) is 0.111. The molecular weight excluding hydrogens is 310 g/mol. The zero-order valence-electron chi connectivity index (χ0n) is 12.3. The summed E-state index contributed by atoms with van der Waals surface area (Å²) in [5.41, 5.74) is 3.32. The Morgan fingerprint density at radius 2 is 1.87 bits per heavy atom. The Morgan fingerprint density at radius 3 is 2.70 bits per heavy atom. The second-order valence-electron chi connectivity index (χ2n) is 5.51. The van der Waals surface area contributed by atoms with Crippen molar-refractivity contribution in [3.63, 3.8) is 0 Å². The molecule has 4 nitrogen and oxygen atoms in total. The van der Waals surface area contributed by atoms with Gasteiger partial charge in [-0.05, 0) is 30.2 Å². The Labute approximate surface area is 137 Å². The summed E-state index contributed by atoms with van der Waals surface area (Å²) in [6.45, 7) is 0.582. The van der Waals surface area contributed by atoms with Crippen molar-refractivity contribution in [1.29, 1.82) is 0 Å². The Bertz CT molecular complexity index is 1050. The average Bonchev–Trinajstić information content (AvgIpc) is 2.95. The van der Waals surface area contributed by atoms with Gasteiger partial charge in [-0.2, -0.15) is 0 Å². The van der Waals surface area contributed by atoms with Crippen LogP contribution in [0.5, 0.6) is 0 Å². The highest BCUT2D eigenvalue weighted by atomic mass is 35.5. The molecule has 5 heteroatoms. The maximum Gasteiger partial charge on any atom is 0.277 e. The molecule has 4 rings (SSSR count). The molecule has 0 amide bonds. The number of fused-ring (bicyclic) bond motifs is 3. The van der Waals surface area contributed by atoms with E-state index in [0.29, 0.717) is 17.1 Å². The van der Waals surface area contributed by atoms with Crippen molar-refractivity contribution in [2.24, 2.45) is 0 Å². The number of hydrogen-bond donors (Lipinski definition) is 1. The first-order valence-electron chi connectivity index (χ1n) is 7.43. The van der Waals surface area contributed by atoms with Gasteiger partial charge in [0.25, 0.3) is 5.56 Å². The SMILES string of the molecule is O=c1c2[nH]c3ccccc3c2ncn1CCc1ccc(Cl)cc1. The molecule has 2 heterocycles. The lowest BCUT2D eigenvalue weighted by Gasteiger charge is -2.05. The number of rotatable bonds is 3. The van der Waals surface area contributed by atoms with Crippen LogP contribution in [0, 0.1) is 0 Å². The van der Waals surface area contributed by atoms with Gasteiger partial charge >= 0.3 is 0 Å². The van der Waals surface area contributed by atoms with Crippen LogP contribution in [0.2, 0.25) is 5.02 Å². The van der Waals surface area contributed by atoms with Gasteiger partial charge in [0, 0.05) is 22.5 Å². The second kappa shape index (κ2) is 5.56. The van der Waals surface area contributed by atoms with Crippen molar-refractivity contribution in [2.45, 2.75) is 13.0 Å². The molecule has 1 N–H and O–H groups in total. The lowest BCUT2D eigenvalue weighted by Crippen LogP contribution is -2.21. The van der Waals surface area contributed by atoms with Crippen molar-refractivity contribution in [3.8, 4) is 0 Å². The van der Waals surface area contributed by atoms with E-state index in [1.807, 2.05) is 48.5 Å². The molecule has 0 bridgehead atoms. The quantitative estimate of drug-likeness (QED) is 0.624. The van der Waals surface area contributed by atoms with Crippen LogP contribution in [-0.4, -0.2) is 14.5 Å². The van der Waals surface area contributed by atoms with Gasteiger partial charge in [0.05, 0.1) is 6.33 Å². The monoisotopic (exact) mass is 323 g/mol. The minimum atomic E-state index is -0.0415. The van der Waals surface area contributed by atoms with Crippen LogP contribution in [0.25, 0.3) is 21.9 Å². The number of hydrogen-bond acceptors (Lipinski definition) is 2. The first kappa shape index (κ1) is 14.0. The molecule has 0 saturated carbocycles. The van der Waals surface area contributed by atoms with Crippen LogP contribution in [-0.2, 0) is 13.0 Å². The van der Waals surface area contributed by atoms with Gasteiger partial charge in [0.2, 0.25) is 0 Å². The highest BCUT2D eigenvalue weighted by Crippen LogP contribution is 2.20. The minimum Gasteiger partial charge on any atom is -0.349 e. The summed E-state index contributed by atoms with van der Waals surface area (Å²) in [6, 6.07) is 15.5. The van der Waals surface area contributed by atoms with Crippen LogP contribution >= 0.6 is 11.6 Å². The predicted molar refractivity (Wildman–Crippen MR) is 93.0 cm³/mol. The van der Waals surface area contributed by atoms with Crippen molar-refractivity contribution in [1.82, 2.24) is 14.5 Å². The van der Waals surface area contributed by atoms with Gasteiger partial charge in [0.1, 0.15) is 11.0 Å². The van der Waals surface area contributed by atoms with E-state index in [1.165, 1.54) is 0 Å². The first-order chi connectivity index (χ1) is 11.2. The Hall–Kier alpha value is -2.59. The average molecular weight is 324 g/mol. The summed E-state index contributed by atoms with van der Waals surface area (Å²) in [6.07, 6.45) is 2.38. The van der Waals surface area contributed by atoms with E-state index >= 15 is 0 Å². The predicted octanol–water partition coefficient (Wildman–Crippen LogP) is 3.77. The van der Waals surface area contributed by atoms with Crippen LogP contribution in [0.1, 0.15) is 5.56 Å². The molecule has 0 aliphatic heterocycles. The van der Waals surface area contributed by atoms with Crippen LogP contribution in [0.4, 0.5) is 0 Å². The smallest absolute Gasteiger partial charge is 0.277 e.